The van der Waals surface area contributed by atoms with Gasteiger partial charge in [-0.15, -0.1) is 0 Å². The molecule has 120 valence electrons. The number of hydrogen-bond acceptors (Lipinski definition) is 3. The third-order valence-electron chi connectivity index (χ3n) is 4.13. The summed E-state index contributed by atoms with van der Waals surface area (Å²) in [5.74, 6) is -0.384. The van der Waals surface area contributed by atoms with Crippen LogP contribution >= 0.6 is 15.9 Å². The van der Waals surface area contributed by atoms with Crippen molar-refractivity contribution in [2.75, 3.05) is 7.11 Å². The summed E-state index contributed by atoms with van der Waals surface area (Å²) < 4.78 is 5.82. The van der Waals surface area contributed by atoms with Crippen LogP contribution in [0.4, 0.5) is 0 Å². The lowest BCUT2D eigenvalue weighted by Crippen LogP contribution is -2.45. The van der Waals surface area contributed by atoms with Gasteiger partial charge in [0.05, 0.1) is 7.11 Å². The molecule has 1 aromatic rings. The van der Waals surface area contributed by atoms with E-state index < -0.39 is 12.0 Å². The van der Waals surface area contributed by atoms with Gasteiger partial charge >= 0.3 is 5.97 Å². The van der Waals surface area contributed by atoms with Crippen LogP contribution in [0.3, 0.4) is 0 Å². The van der Waals surface area contributed by atoms with E-state index in [0.29, 0.717) is 6.42 Å². The van der Waals surface area contributed by atoms with E-state index in [1.807, 2.05) is 24.3 Å². The van der Waals surface area contributed by atoms with Crippen LogP contribution in [0, 0.1) is 5.92 Å². The van der Waals surface area contributed by atoms with E-state index in [9.17, 15) is 9.59 Å². The Bertz CT molecular complexity index is 509. The number of carbonyl (C=O) groups excluding carboxylic acids is 2. The molecule has 0 bridgehead atoms. The van der Waals surface area contributed by atoms with Crippen molar-refractivity contribution in [3.05, 3.63) is 34.3 Å². The van der Waals surface area contributed by atoms with Gasteiger partial charge in [-0.25, -0.2) is 4.79 Å². The molecule has 1 fully saturated rings. The molecule has 1 aromatic carbocycles. The molecule has 0 aromatic heterocycles. The first-order chi connectivity index (χ1) is 10.6. The molecule has 1 atom stereocenters. The molecule has 0 radical (unpaired) electrons. The van der Waals surface area contributed by atoms with Crippen LogP contribution in [-0.2, 0) is 20.7 Å². The van der Waals surface area contributed by atoms with Crippen LogP contribution in [0.5, 0.6) is 0 Å². The van der Waals surface area contributed by atoms with Crippen LogP contribution < -0.4 is 5.32 Å². The molecule has 1 aliphatic rings. The van der Waals surface area contributed by atoms with Crippen molar-refractivity contribution in [3.8, 4) is 0 Å². The second-order valence-corrected chi connectivity index (χ2v) is 6.67. The third-order valence-corrected chi connectivity index (χ3v) is 4.66. The number of ether oxygens (including phenoxy) is 1. The first kappa shape index (κ1) is 17.0. The third kappa shape index (κ3) is 4.83. The van der Waals surface area contributed by atoms with Crippen LogP contribution in [0.15, 0.2) is 28.7 Å². The van der Waals surface area contributed by atoms with Crippen LogP contribution in [-0.4, -0.2) is 25.0 Å². The van der Waals surface area contributed by atoms with E-state index in [0.717, 1.165) is 35.7 Å². The first-order valence-electron chi connectivity index (χ1n) is 7.73. The van der Waals surface area contributed by atoms with Gasteiger partial charge in [0.15, 0.2) is 0 Å². The Labute approximate surface area is 139 Å². The second kappa shape index (κ2) is 8.32. The Hall–Kier alpha value is -1.36. The SMILES string of the molecule is COC(=O)[C@H](Cc1ccc(Br)cc1)NC(=O)C1CCCCC1. The van der Waals surface area contributed by atoms with Crippen LogP contribution in [0.25, 0.3) is 0 Å². The first-order valence-corrected chi connectivity index (χ1v) is 8.52. The van der Waals surface area contributed by atoms with Gasteiger partial charge in [0.2, 0.25) is 5.91 Å². The zero-order valence-corrected chi connectivity index (χ0v) is 14.4. The van der Waals surface area contributed by atoms with Crippen molar-refractivity contribution in [1.82, 2.24) is 5.32 Å². The van der Waals surface area contributed by atoms with Crippen LogP contribution in [0.1, 0.15) is 37.7 Å². The Kier molecular flexibility index (Phi) is 6.43. The molecule has 1 saturated carbocycles. The van der Waals surface area contributed by atoms with E-state index >= 15 is 0 Å². The van der Waals surface area contributed by atoms with Crippen LogP contribution in [0.2, 0.25) is 0 Å². The number of benzene rings is 1. The van der Waals surface area contributed by atoms with Gasteiger partial charge in [0.25, 0.3) is 0 Å². The van der Waals surface area contributed by atoms with Gasteiger partial charge in [0.1, 0.15) is 6.04 Å². The molecule has 2 rings (SSSR count). The normalized spacial score (nSPS) is 16.8. The average molecular weight is 368 g/mol. The van der Waals surface area contributed by atoms with Gasteiger partial charge in [-0.1, -0.05) is 47.3 Å². The lowest BCUT2D eigenvalue weighted by atomic mass is 9.88. The average Bonchev–Trinajstić information content (AvgIpc) is 2.56. The number of halogens is 1. The van der Waals surface area contributed by atoms with Crippen molar-refractivity contribution in [3.63, 3.8) is 0 Å². The smallest absolute Gasteiger partial charge is 0.328 e. The molecule has 22 heavy (non-hydrogen) atoms. The van der Waals surface area contributed by atoms with Gasteiger partial charge in [-0.05, 0) is 30.5 Å². The molecule has 0 aliphatic heterocycles. The summed E-state index contributed by atoms with van der Waals surface area (Å²) in [4.78, 5) is 24.3. The summed E-state index contributed by atoms with van der Waals surface area (Å²) >= 11 is 3.39. The minimum absolute atomic E-state index is 0.0211. The van der Waals surface area contributed by atoms with E-state index in [-0.39, 0.29) is 11.8 Å². The monoisotopic (exact) mass is 367 g/mol. The van der Waals surface area contributed by atoms with Crippen molar-refractivity contribution < 1.29 is 14.3 Å². The van der Waals surface area contributed by atoms with Crippen molar-refractivity contribution >= 4 is 27.8 Å². The lowest BCUT2D eigenvalue weighted by molar-refractivity contribution is -0.145. The van der Waals surface area contributed by atoms with E-state index in [1.165, 1.54) is 13.5 Å². The number of carbonyl (C=O) groups is 2. The van der Waals surface area contributed by atoms with Gasteiger partial charge in [-0.3, -0.25) is 4.79 Å². The predicted octanol–water partition coefficient (Wildman–Crippen LogP) is 3.23. The molecule has 0 heterocycles. The zero-order chi connectivity index (χ0) is 15.9. The second-order valence-electron chi connectivity index (χ2n) is 5.75. The fraction of sp³-hybridized carbons (Fsp3) is 0.529. The summed E-state index contributed by atoms with van der Waals surface area (Å²) in [6.45, 7) is 0. The number of hydrogen-bond donors (Lipinski definition) is 1. The Morgan fingerprint density at radius 2 is 1.86 bits per heavy atom. The lowest BCUT2D eigenvalue weighted by Gasteiger charge is -2.24. The largest absolute Gasteiger partial charge is 0.467 e. The maximum absolute atomic E-state index is 12.3. The summed E-state index contributed by atoms with van der Waals surface area (Å²) in [7, 11) is 1.35. The highest BCUT2D eigenvalue weighted by Gasteiger charge is 2.27. The van der Waals surface area contributed by atoms with E-state index in [4.69, 9.17) is 4.74 Å². The summed E-state index contributed by atoms with van der Waals surface area (Å²) in [5.41, 5.74) is 0.988. The molecule has 0 spiro atoms. The highest BCUT2D eigenvalue weighted by atomic mass is 79.9. The fourth-order valence-electron chi connectivity index (χ4n) is 2.85. The number of esters is 1. The minimum Gasteiger partial charge on any atom is -0.467 e. The molecule has 4 nitrogen and oxygen atoms in total. The highest BCUT2D eigenvalue weighted by molar-refractivity contribution is 9.10. The molecule has 0 saturated heterocycles. The maximum Gasteiger partial charge on any atom is 0.328 e. The Morgan fingerprint density at radius 1 is 1.23 bits per heavy atom. The standard InChI is InChI=1S/C17H22BrNO3/c1-22-17(21)15(11-12-7-9-14(18)10-8-12)19-16(20)13-5-3-2-4-6-13/h7-10,13,15H,2-6,11H2,1H3,(H,19,20)/t15-/m0/s1. The molecule has 1 amide bonds. The number of methoxy groups -OCH3 is 1. The van der Waals surface area contributed by atoms with Gasteiger partial charge in [0, 0.05) is 16.8 Å². The number of nitrogens with one attached hydrogen (secondary N) is 1. The Morgan fingerprint density at radius 3 is 2.45 bits per heavy atom. The van der Waals surface area contributed by atoms with E-state index in [2.05, 4.69) is 21.2 Å². The van der Waals surface area contributed by atoms with Gasteiger partial charge in [-0.2, -0.15) is 0 Å². The van der Waals surface area contributed by atoms with Crippen molar-refractivity contribution in [2.24, 2.45) is 5.92 Å². The summed E-state index contributed by atoms with van der Waals surface area (Å²) in [6, 6.07) is 7.10. The molecular formula is C17H22BrNO3. The highest BCUT2D eigenvalue weighted by Crippen LogP contribution is 2.24. The number of rotatable bonds is 5. The zero-order valence-electron chi connectivity index (χ0n) is 12.8. The molecule has 5 heteroatoms. The molecule has 1 aliphatic carbocycles. The Balaban J connectivity index is 2.00. The number of amides is 1. The minimum atomic E-state index is -0.624. The predicted molar refractivity (Wildman–Crippen MR) is 88.4 cm³/mol. The van der Waals surface area contributed by atoms with Crippen molar-refractivity contribution in [2.45, 2.75) is 44.6 Å². The molecular weight excluding hydrogens is 346 g/mol. The summed E-state index contributed by atoms with van der Waals surface area (Å²) in [6.07, 6.45) is 5.65. The topological polar surface area (TPSA) is 55.4 Å². The quantitative estimate of drug-likeness (QED) is 0.812. The molecule has 1 N–H and O–H groups in total. The van der Waals surface area contributed by atoms with Crippen molar-refractivity contribution in [1.29, 1.82) is 0 Å². The van der Waals surface area contributed by atoms with Gasteiger partial charge < -0.3 is 10.1 Å². The fourth-order valence-corrected chi connectivity index (χ4v) is 3.11. The summed E-state index contributed by atoms with van der Waals surface area (Å²) in [5, 5.41) is 2.88. The maximum atomic E-state index is 12.3. The molecule has 0 unspecified atom stereocenters. The van der Waals surface area contributed by atoms with E-state index in [1.54, 1.807) is 0 Å².